The first-order valence-electron chi connectivity index (χ1n) is 7.46. The van der Waals surface area contributed by atoms with Crippen LogP contribution in [0, 0.1) is 5.92 Å². The molecule has 2 amide bonds. The molecule has 20 heavy (non-hydrogen) atoms. The number of amides is 2. The summed E-state index contributed by atoms with van der Waals surface area (Å²) in [5, 5.41) is 11.6. The van der Waals surface area contributed by atoms with Gasteiger partial charge in [0.2, 0.25) is 0 Å². The first-order chi connectivity index (χ1) is 9.52. The van der Waals surface area contributed by atoms with Crippen molar-refractivity contribution in [1.29, 1.82) is 0 Å². The zero-order valence-electron chi connectivity index (χ0n) is 12.6. The first kappa shape index (κ1) is 16.8. The van der Waals surface area contributed by atoms with Crippen molar-refractivity contribution >= 4 is 12.0 Å². The third-order valence-electron chi connectivity index (χ3n) is 3.77. The Labute approximate surface area is 121 Å². The van der Waals surface area contributed by atoms with Gasteiger partial charge in [-0.2, -0.15) is 0 Å². The van der Waals surface area contributed by atoms with Crippen molar-refractivity contribution in [2.45, 2.75) is 32.6 Å². The van der Waals surface area contributed by atoms with E-state index in [1.807, 2.05) is 6.92 Å². The number of likely N-dealkylation sites (tertiary alicyclic amines) is 1. The molecule has 0 bridgehead atoms. The molecule has 6 heteroatoms. The van der Waals surface area contributed by atoms with Crippen LogP contribution >= 0.6 is 0 Å². The van der Waals surface area contributed by atoms with Crippen LogP contribution in [-0.2, 0) is 4.79 Å². The molecule has 6 nitrogen and oxygen atoms in total. The number of carboxylic acid groups (broad SMARTS) is 1. The van der Waals surface area contributed by atoms with Crippen LogP contribution in [0.3, 0.4) is 0 Å². The van der Waals surface area contributed by atoms with E-state index in [9.17, 15) is 9.59 Å². The van der Waals surface area contributed by atoms with E-state index in [2.05, 4.69) is 17.3 Å². The van der Waals surface area contributed by atoms with Crippen molar-refractivity contribution in [1.82, 2.24) is 15.1 Å². The molecular formula is C14H27N3O3. The van der Waals surface area contributed by atoms with Crippen LogP contribution in [0.5, 0.6) is 0 Å². The lowest BCUT2D eigenvalue weighted by atomic mass is 9.94. The number of carbonyl (C=O) groups is 2. The molecule has 1 aliphatic heterocycles. The number of hydrogen-bond donors (Lipinski definition) is 2. The van der Waals surface area contributed by atoms with Gasteiger partial charge >= 0.3 is 12.0 Å². The average Bonchev–Trinajstić information content (AvgIpc) is 2.40. The molecule has 1 rings (SSSR count). The maximum Gasteiger partial charge on any atom is 0.323 e. The van der Waals surface area contributed by atoms with Crippen LogP contribution in [0.2, 0.25) is 0 Å². The van der Waals surface area contributed by atoms with Gasteiger partial charge in [-0.05, 0) is 51.7 Å². The minimum atomic E-state index is -0.969. The number of rotatable bonds is 7. The van der Waals surface area contributed by atoms with Gasteiger partial charge in [0.25, 0.3) is 0 Å². The fourth-order valence-corrected chi connectivity index (χ4v) is 2.53. The van der Waals surface area contributed by atoms with Gasteiger partial charge in [0.15, 0.2) is 0 Å². The van der Waals surface area contributed by atoms with Gasteiger partial charge < -0.3 is 20.2 Å². The molecule has 0 aliphatic carbocycles. The molecule has 1 aliphatic rings. The lowest BCUT2D eigenvalue weighted by molar-refractivity contribution is -0.137. The molecule has 0 atom stereocenters. The van der Waals surface area contributed by atoms with Crippen molar-refractivity contribution in [2.24, 2.45) is 5.92 Å². The highest BCUT2D eigenvalue weighted by Gasteiger charge is 2.18. The molecule has 0 aromatic heterocycles. The smallest absolute Gasteiger partial charge is 0.323 e. The number of carboxylic acids is 1. The molecule has 1 heterocycles. The van der Waals surface area contributed by atoms with E-state index < -0.39 is 5.97 Å². The number of nitrogens with zero attached hydrogens (tertiary/aromatic N) is 2. The quantitative estimate of drug-likeness (QED) is 0.738. The molecule has 1 saturated heterocycles. The van der Waals surface area contributed by atoms with Crippen molar-refractivity contribution in [2.75, 3.05) is 39.8 Å². The van der Waals surface area contributed by atoms with Crippen LogP contribution < -0.4 is 5.32 Å². The summed E-state index contributed by atoms with van der Waals surface area (Å²) in [5.41, 5.74) is 0. The fourth-order valence-electron chi connectivity index (χ4n) is 2.53. The highest BCUT2D eigenvalue weighted by atomic mass is 16.4. The summed E-state index contributed by atoms with van der Waals surface area (Å²) < 4.78 is 0. The number of piperidine rings is 1. The van der Waals surface area contributed by atoms with Crippen LogP contribution in [0.15, 0.2) is 0 Å². The molecule has 0 saturated carbocycles. The van der Waals surface area contributed by atoms with Crippen LogP contribution in [0.1, 0.15) is 32.6 Å². The highest BCUT2D eigenvalue weighted by Crippen LogP contribution is 2.18. The van der Waals surface area contributed by atoms with Crippen LogP contribution in [0.25, 0.3) is 0 Å². The Morgan fingerprint density at radius 2 is 2.00 bits per heavy atom. The third-order valence-corrected chi connectivity index (χ3v) is 3.77. The predicted octanol–water partition coefficient (Wildman–Crippen LogP) is 1.22. The number of carbonyl (C=O) groups excluding carboxylic acids is 1. The SMILES string of the molecule is CCCN(CC(=O)O)C(=O)NCCC1CCN(C)CC1. The van der Waals surface area contributed by atoms with E-state index in [4.69, 9.17) is 5.11 Å². The Kier molecular flexibility index (Phi) is 7.36. The Morgan fingerprint density at radius 1 is 1.35 bits per heavy atom. The number of urea groups is 1. The Morgan fingerprint density at radius 3 is 2.55 bits per heavy atom. The van der Waals surface area contributed by atoms with Crippen molar-refractivity contribution in [3.05, 3.63) is 0 Å². The molecule has 0 radical (unpaired) electrons. The largest absolute Gasteiger partial charge is 0.480 e. The molecular weight excluding hydrogens is 258 g/mol. The minimum absolute atomic E-state index is 0.228. The minimum Gasteiger partial charge on any atom is -0.480 e. The highest BCUT2D eigenvalue weighted by molar-refractivity contribution is 5.80. The van der Waals surface area contributed by atoms with Crippen molar-refractivity contribution < 1.29 is 14.7 Å². The van der Waals surface area contributed by atoms with Gasteiger partial charge in [0.1, 0.15) is 6.54 Å². The maximum absolute atomic E-state index is 11.9. The zero-order chi connectivity index (χ0) is 15.0. The Bertz CT molecular complexity index is 315. The second kappa shape index (κ2) is 8.79. The van der Waals surface area contributed by atoms with E-state index in [0.717, 1.165) is 25.9 Å². The third kappa shape index (κ3) is 6.23. The van der Waals surface area contributed by atoms with E-state index in [1.165, 1.54) is 17.7 Å². The van der Waals surface area contributed by atoms with E-state index in [1.54, 1.807) is 0 Å². The van der Waals surface area contributed by atoms with E-state index in [-0.39, 0.29) is 12.6 Å². The summed E-state index contributed by atoms with van der Waals surface area (Å²) in [5.74, 6) is -0.297. The molecule has 1 fully saturated rings. The number of hydrogen-bond acceptors (Lipinski definition) is 3. The topological polar surface area (TPSA) is 72.9 Å². The second-order valence-corrected chi connectivity index (χ2v) is 5.58. The molecule has 0 unspecified atom stereocenters. The maximum atomic E-state index is 11.9. The zero-order valence-corrected chi connectivity index (χ0v) is 12.6. The molecule has 116 valence electrons. The summed E-state index contributed by atoms with van der Waals surface area (Å²) in [6.07, 6.45) is 4.10. The summed E-state index contributed by atoms with van der Waals surface area (Å²) in [6, 6.07) is -0.262. The van der Waals surface area contributed by atoms with Crippen molar-refractivity contribution in [3.63, 3.8) is 0 Å². The molecule has 0 spiro atoms. The van der Waals surface area contributed by atoms with Gasteiger partial charge in [-0.25, -0.2) is 4.79 Å². The van der Waals surface area contributed by atoms with Gasteiger partial charge in [-0.3, -0.25) is 4.79 Å². The summed E-state index contributed by atoms with van der Waals surface area (Å²) >= 11 is 0. The van der Waals surface area contributed by atoms with Crippen molar-refractivity contribution in [3.8, 4) is 0 Å². The molecule has 2 N–H and O–H groups in total. The second-order valence-electron chi connectivity index (χ2n) is 5.58. The normalized spacial score (nSPS) is 16.9. The number of aliphatic carboxylic acids is 1. The van der Waals surface area contributed by atoms with Gasteiger partial charge in [-0.1, -0.05) is 6.92 Å². The molecule has 0 aromatic carbocycles. The summed E-state index contributed by atoms with van der Waals surface area (Å²) in [4.78, 5) is 26.3. The monoisotopic (exact) mass is 285 g/mol. The fraction of sp³-hybridized carbons (Fsp3) is 0.857. The number of nitrogens with one attached hydrogen (secondary N) is 1. The lowest BCUT2D eigenvalue weighted by Crippen LogP contribution is -2.44. The Hall–Kier alpha value is -1.30. The van der Waals surface area contributed by atoms with Crippen LogP contribution in [0.4, 0.5) is 4.79 Å². The lowest BCUT2D eigenvalue weighted by Gasteiger charge is -2.29. The molecule has 0 aromatic rings. The van der Waals surface area contributed by atoms with Gasteiger partial charge in [-0.15, -0.1) is 0 Å². The van der Waals surface area contributed by atoms with Gasteiger partial charge in [0, 0.05) is 13.1 Å². The van der Waals surface area contributed by atoms with Crippen LogP contribution in [-0.4, -0.2) is 66.7 Å². The van der Waals surface area contributed by atoms with E-state index >= 15 is 0 Å². The van der Waals surface area contributed by atoms with E-state index in [0.29, 0.717) is 19.0 Å². The standard InChI is InChI=1S/C14H27N3O3/c1-3-8-17(11-13(18)19)14(20)15-7-4-12-5-9-16(2)10-6-12/h12H,3-11H2,1-2H3,(H,15,20)(H,18,19). The predicted molar refractivity (Wildman–Crippen MR) is 77.7 cm³/mol. The van der Waals surface area contributed by atoms with Gasteiger partial charge in [0.05, 0.1) is 0 Å². The average molecular weight is 285 g/mol. The first-order valence-corrected chi connectivity index (χ1v) is 7.46. The summed E-state index contributed by atoms with van der Waals surface area (Å²) in [7, 11) is 2.13. The summed E-state index contributed by atoms with van der Waals surface area (Å²) in [6.45, 7) is 5.06. The Balaban J connectivity index is 2.24.